The minimum atomic E-state index is -0.693. The molecule has 1 rings (SSSR count). The van der Waals surface area contributed by atoms with Crippen molar-refractivity contribution in [3.63, 3.8) is 0 Å². The normalized spacial score (nSPS) is 11.6. The fourth-order valence-corrected chi connectivity index (χ4v) is 1.30. The van der Waals surface area contributed by atoms with Crippen LogP contribution in [0.4, 0.5) is 5.69 Å². The molecule has 0 aliphatic rings. The van der Waals surface area contributed by atoms with E-state index in [1.807, 2.05) is 0 Å². The fourth-order valence-electron chi connectivity index (χ4n) is 1.30. The molecule has 1 aromatic carbocycles. The first-order valence-corrected chi connectivity index (χ1v) is 5.38. The molecule has 0 heterocycles. The Morgan fingerprint density at radius 1 is 1.41 bits per heavy atom. The molecule has 1 aromatic rings. The molecular formula is C12H16N2O3. The minimum Gasteiger partial charge on any atom is -0.464 e. The lowest BCUT2D eigenvalue weighted by atomic mass is 10.1. The summed E-state index contributed by atoms with van der Waals surface area (Å²) in [6.07, 6.45) is 0. The summed E-state index contributed by atoms with van der Waals surface area (Å²) in [5, 5.41) is 2.53. The van der Waals surface area contributed by atoms with Gasteiger partial charge in [-0.25, -0.2) is 4.79 Å². The van der Waals surface area contributed by atoms with E-state index in [-0.39, 0.29) is 12.5 Å². The molecule has 17 heavy (non-hydrogen) atoms. The van der Waals surface area contributed by atoms with Crippen LogP contribution in [0.5, 0.6) is 0 Å². The Bertz CT molecular complexity index is 418. The predicted octanol–water partition coefficient (Wildman–Crippen LogP) is 0.950. The Balaban J connectivity index is 2.67. The van der Waals surface area contributed by atoms with E-state index in [2.05, 4.69) is 5.32 Å². The summed E-state index contributed by atoms with van der Waals surface area (Å²) in [6, 6.07) is 5.98. The molecular weight excluding hydrogens is 220 g/mol. The number of benzene rings is 1. The fraction of sp³-hybridized carbons (Fsp3) is 0.333. The second-order valence-electron chi connectivity index (χ2n) is 3.53. The number of hydrogen-bond donors (Lipinski definition) is 2. The lowest BCUT2D eigenvalue weighted by Gasteiger charge is -2.13. The van der Waals surface area contributed by atoms with Crippen molar-refractivity contribution < 1.29 is 14.3 Å². The molecule has 1 amide bonds. The number of carbonyl (C=O) groups excluding carboxylic acids is 2. The summed E-state index contributed by atoms with van der Waals surface area (Å²) < 4.78 is 4.79. The number of esters is 1. The van der Waals surface area contributed by atoms with Crippen LogP contribution in [0.15, 0.2) is 24.3 Å². The highest BCUT2D eigenvalue weighted by Gasteiger charge is 2.18. The van der Waals surface area contributed by atoms with E-state index < -0.39 is 12.0 Å². The lowest BCUT2D eigenvalue weighted by molar-refractivity contribution is -0.144. The average Bonchev–Trinajstić information content (AvgIpc) is 2.29. The monoisotopic (exact) mass is 236 g/mol. The number of nitrogens with two attached hydrogens (primary N) is 1. The van der Waals surface area contributed by atoms with Gasteiger partial charge < -0.3 is 15.8 Å². The van der Waals surface area contributed by atoms with Crippen molar-refractivity contribution in [2.45, 2.75) is 19.9 Å². The zero-order valence-corrected chi connectivity index (χ0v) is 9.90. The Morgan fingerprint density at radius 2 is 2.06 bits per heavy atom. The van der Waals surface area contributed by atoms with Crippen LogP contribution >= 0.6 is 0 Å². The van der Waals surface area contributed by atoms with Gasteiger partial charge in [0.15, 0.2) is 0 Å². The van der Waals surface area contributed by atoms with Gasteiger partial charge in [-0.1, -0.05) is 12.1 Å². The number of ether oxygens (including phenoxy) is 1. The zero-order valence-electron chi connectivity index (χ0n) is 9.90. The van der Waals surface area contributed by atoms with E-state index in [1.54, 1.807) is 38.1 Å². The van der Waals surface area contributed by atoms with E-state index in [1.165, 1.54) is 0 Å². The molecule has 0 spiro atoms. The molecule has 3 N–H and O–H groups in total. The van der Waals surface area contributed by atoms with Crippen molar-refractivity contribution in [3.8, 4) is 0 Å². The summed E-state index contributed by atoms with van der Waals surface area (Å²) >= 11 is 0. The second kappa shape index (κ2) is 5.89. The smallest absolute Gasteiger partial charge is 0.328 e. The van der Waals surface area contributed by atoms with Crippen LogP contribution in [0.3, 0.4) is 0 Å². The number of amides is 1. The SMILES string of the molecule is CCOC(=O)[C@H](C)NC(=O)c1ccccc1N. The standard InChI is InChI=1S/C12H16N2O3/c1-3-17-12(16)8(2)14-11(15)9-6-4-5-7-10(9)13/h4-8H,3,13H2,1-2H3,(H,14,15)/t8-/m0/s1. The van der Waals surface area contributed by atoms with Crippen LogP contribution < -0.4 is 11.1 Å². The van der Waals surface area contributed by atoms with Gasteiger partial charge >= 0.3 is 5.97 Å². The second-order valence-corrected chi connectivity index (χ2v) is 3.53. The van der Waals surface area contributed by atoms with Crippen LogP contribution in [0.1, 0.15) is 24.2 Å². The molecule has 0 radical (unpaired) electrons. The summed E-state index contributed by atoms with van der Waals surface area (Å²) in [6.45, 7) is 3.56. The summed E-state index contributed by atoms with van der Waals surface area (Å²) in [5.74, 6) is -0.848. The van der Waals surface area contributed by atoms with Gasteiger partial charge in [0.25, 0.3) is 5.91 Å². The van der Waals surface area contributed by atoms with Crippen molar-refractivity contribution in [1.29, 1.82) is 0 Å². The Labute approximate surface area is 99.9 Å². The number of para-hydroxylation sites is 1. The predicted molar refractivity (Wildman–Crippen MR) is 64.4 cm³/mol. The third-order valence-corrected chi connectivity index (χ3v) is 2.19. The molecule has 5 nitrogen and oxygen atoms in total. The van der Waals surface area contributed by atoms with Crippen molar-refractivity contribution >= 4 is 17.6 Å². The summed E-state index contributed by atoms with van der Waals surface area (Å²) in [7, 11) is 0. The van der Waals surface area contributed by atoms with Gasteiger partial charge in [0.2, 0.25) is 0 Å². The molecule has 0 aliphatic carbocycles. The molecule has 5 heteroatoms. The van der Waals surface area contributed by atoms with Crippen LogP contribution in [-0.2, 0) is 9.53 Å². The average molecular weight is 236 g/mol. The molecule has 0 unspecified atom stereocenters. The first kappa shape index (κ1) is 13.0. The molecule has 1 atom stereocenters. The molecule has 0 fully saturated rings. The van der Waals surface area contributed by atoms with Gasteiger partial charge in [-0.2, -0.15) is 0 Å². The molecule has 92 valence electrons. The third kappa shape index (κ3) is 3.48. The summed E-state index contributed by atoms with van der Waals surface area (Å²) in [5.41, 5.74) is 6.38. The van der Waals surface area contributed by atoms with E-state index in [9.17, 15) is 9.59 Å². The van der Waals surface area contributed by atoms with E-state index in [4.69, 9.17) is 10.5 Å². The Kier molecular flexibility index (Phi) is 4.51. The van der Waals surface area contributed by atoms with Gasteiger partial charge in [-0.3, -0.25) is 4.79 Å². The van der Waals surface area contributed by atoms with Crippen LogP contribution in [-0.4, -0.2) is 24.5 Å². The highest BCUT2D eigenvalue weighted by Crippen LogP contribution is 2.10. The van der Waals surface area contributed by atoms with E-state index in [0.717, 1.165) is 0 Å². The molecule has 0 saturated heterocycles. The Morgan fingerprint density at radius 3 is 2.65 bits per heavy atom. The maximum absolute atomic E-state index is 11.8. The first-order chi connectivity index (χ1) is 8.06. The summed E-state index contributed by atoms with van der Waals surface area (Å²) in [4.78, 5) is 23.1. The van der Waals surface area contributed by atoms with Gasteiger partial charge in [-0.05, 0) is 26.0 Å². The zero-order chi connectivity index (χ0) is 12.8. The molecule has 0 aromatic heterocycles. The molecule has 0 aliphatic heterocycles. The van der Waals surface area contributed by atoms with Gasteiger partial charge in [0.05, 0.1) is 12.2 Å². The van der Waals surface area contributed by atoms with Crippen LogP contribution in [0, 0.1) is 0 Å². The van der Waals surface area contributed by atoms with E-state index >= 15 is 0 Å². The third-order valence-electron chi connectivity index (χ3n) is 2.19. The minimum absolute atomic E-state index is 0.284. The quantitative estimate of drug-likeness (QED) is 0.602. The number of rotatable bonds is 4. The van der Waals surface area contributed by atoms with Crippen LogP contribution in [0.25, 0.3) is 0 Å². The highest BCUT2D eigenvalue weighted by molar-refractivity contribution is 6.00. The van der Waals surface area contributed by atoms with Crippen molar-refractivity contribution in [2.75, 3.05) is 12.3 Å². The largest absolute Gasteiger partial charge is 0.464 e. The number of carbonyl (C=O) groups is 2. The molecule has 0 bridgehead atoms. The van der Waals surface area contributed by atoms with E-state index in [0.29, 0.717) is 11.3 Å². The highest BCUT2D eigenvalue weighted by atomic mass is 16.5. The number of nitrogens with one attached hydrogen (secondary N) is 1. The number of nitrogen functional groups attached to an aromatic ring is 1. The van der Waals surface area contributed by atoms with Crippen molar-refractivity contribution in [2.24, 2.45) is 0 Å². The maximum Gasteiger partial charge on any atom is 0.328 e. The van der Waals surface area contributed by atoms with Gasteiger partial charge in [0.1, 0.15) is 6.04 Å². The van der Waals surface area contributed by atoms with Gasteiger partial charge in [-0.15, -0.1) is 0 Å². The topological polar surface area (TPSA) is 81.4 Å². The lowest BCUT2D eigenvalue weighted by Crippen LogP contribution is -2.39. The van der Waals surface area contributed by atoms with Crippen molar-refractivity contribution in [3.05, 3.63) is 29.8 Å². The van der Waals surface area contributed by atoms with Crippen LogP contribution in [0.2, 0.25) is 0 Å². The maximum atomic E-state index is 11.8. The number of anilines is 1. The number of hydrogen-bond acceptors (Lipinski definition) is 4. The van der Waals surface area contributed by atoms with Gasteiger partial charge in [0, 0.05) is 5.69 Å². The first-order valence-electron chi connectivity index (χ1n) is 5.38. The van der Waals surface area contributed by atoms with Crippen molar-refractivity contribution in [1.82, 2.24) is 5.32 Å². The Hall–Kier alpha value is -2.04. The molecule has 0 saturated carbocycles.